The smallest absolute Gasteiger partial charge is 0.141 e. The third-order valence-electron chi connectivity index (χ3n) is 2.28. The van der Waals surface area contributed by atoms with Gasteiger partial charge in [-0.15, -0.1) is 0 Å². The second kappa shape index (κ2) is 3.15. The van der Waals surface area contributed by atoms with Crippen LogP contribution < -0.4 is 5.32 Å². The molecule has 10 heavy (non-hydrogen) atoms. The lowest BCUT2D eigenvalue weighted by Gasteiger charge is -2.27. The Morgan fingerprint density at radius 1 is 1.70 bits per heavy atom. The predicted molar refractivity (Wildman–Crippen MR) is 40.8 cm³/mol. The number of hydrogen-bond acceptors (Lipinski definition) is 2. The van der Waals surface area contributed by atoms with E-state index in [0.29, 0.717) is 11.7 Å². The van der Waals surface area contributed by atoms with Crippen LogP contribution in [0.4, 0.5) is 0 Å². The molecule has 2 heteroatoms. The number of nitrogens with one attached hydrogen (secondary N) is 1. The Kier molecular flexibility index (Phi) is 2.44. The molecule has 1 rings (SSSR count). The molecular weight excluding hydrogens is 126 g/mol. The summed E-state index contributed by atoms with van der Waals surface area (Å²) >= 11 is 0. The van der Waals surface area contributed by atoms with Crippen molar-refractivity contribution >= 4 is 5.78 Å². The van der Waals surface area contributed by atoms with E-state index in [1.807, 2.05) is 6.92 Å². The van der Waals surface area contributed by atoms with Crippen LogP contribution in [0, 0.1) is 11.8 Å². The molecule has 0 aliphatic carbocycles. The quantitative estimate of drug-likeness (QED) is 0.630. The molecule has 58 valence electrons. The van der Waals surface area contributed by atoms with Gasteiger partial charge in [-0.05, 0) is 6.42 Å². The molecule has 1 atom stereocenters. The van der Waals surface area contributed by atoms with E-state index in [1.54, 1.807) is 0 Å². The maximum Gasteiger partial charge on any atom is 0.141 e. The van der Waals surface area contributed by atoms with Gasteiger partial charge in [0.2, 0.25) is 0 Å². The summed E-state index contributed by atoms with van der Waals surface area (Å²) in [5, 5.41) is 3.10. The van der Waals surface area contributed by atoms with Crippen LogP contribution in [-0.2, 0) is 4.79 Å². The summed E-state index contributed by atoms with van der Waals surface area (Å²) in [6.07, 6.45) is 0.981. The summed E-state index contributed by atoms with van der Waals surface area (Å²) in [6.45, 7) is 5.89. The summed E-state index contributed by atoms with van der Waals surface area (Å²) in [6, 6.07) is 0. The van der Waals surface area contributed by atoms with Crippen LogP contribution in [0.3, 0.4) is 0 Å². The number of rotatable bonds is 3. The molecule has 1 N–H and O–H groups in total. The number of hydrogen-bond donors (Lipinski definition) is 1. The lowest BCUT2D eigenvalue weighted by Crippen LogP contribution is -2.48. The minimum atomic E-state index is 0.270. The second-order valence-electron chi connectivity index (χ2n) is 3.07. The van der Waals surface area contributed by atoms with E-state index in [4.69, 9.17) is 0 Å². The highest BCUT2D eigenvalue weighted by Crippen LogP contribution is 2.13. The van der Waals surface area contributed by atoms with Crippen LogP contribution in [0.25, 0.3) is 0 Å². The third kappa shape index (κ3) is 1.37. The van der Waals surface area contributed by atoms with Crippen molar-refractivity contribution in [3.63, 3.8) is 0 Å². The summed E-state index contributed by atoms with van der Waals surface area (Å²) < 4.78 is 0. The molecule has 0 amide bonds. The van der Waals surface area contributed by atoms with Crippen LogP contribution in [0.1, 0.15) is 20.3 Å². The van der Waals surface area contributed by atoms with Crippen molar-refractivity contribution in [3.8, 4) is 0 Å². The lowest BCUT2D eigenvalue weighted by molar-refractivity contribution is -0.127. The molecule has 1 saturated heterocycles. The van der Waals surface area contributed by atoms with E-state index in [-0.39, 0.29) is 5.92 Å². The Balaban J connectivity index is 2.32. The number of carbonyl (C=O) groups excluding carboxylic acids is 1. The molecule has 1 aliphatic rings. The van der Waals surface area contributed by atoms with Crippen LogP contribution in [0.5, 0.6) is 0 Å². The van der Waals surface area contributed by atoms with Crippen molar-refractivity contribution in [1.29, 1.82) is 0 Å². The summed E-state index contributed by atoms with van der Waals surface area (Å²) in [5.74, 6) is 1.04. The molecule has 1 heterocycles. The average molecular weight is 141 g/mol. The largest absolute Gasteiger partial charge is 0.315 e. The van der Waals surface area contributed by atoms with E-state index in [9.17, 15) is 4.79 Å². The van der Waals surface area contributed by atoms with Crippen LogP contribution in [-0.4, -0.2) is 18.9 Å². The van der Waals surface area contributed by atoms with Crippen molar-refractivity contribution in [1.82, 2.24) is 5.32 Å². The first-order valence-electron chi connectivity index (χ1n) is 4.00. The van der Waals surface area contributed by atoms with Gasteiger partial charge >= 0.3 is 0 Å². The van der Waals surface area contributed by atoms with Crippen molar-refractivity contribution in [2.24, 2.45) is 11.8 Å². The zero-order chi connectivity index (χ0) is 7.56. The highest BCUT2D eigenvalue weighted by molar-refractivity contribution is 5.84. The minimum absolute atomic E-state index is 0.270. The van der Waals surface area contributed by atoms with Gasteiger partial charge in [-0.3, -0.25) is 4.79 Å². The number of carbonyl (C=O) groups is 1. The van der Waals surface area contributed by atoms with Gasteiger partial charge in [0, 0.05) is 24.9 Å². The van der Waals surface area contributed by atoms with Gasteiger partial charge in [0.25, 0.3) is 0 Å². The molecule has 0 aromatic heterocycles. The van der Waals surface area contributed by atoms with E-state index in [0.717, 1.165) is 19.5 Å². The highest BCUT2D eigenvalue weighted by atomic mass is 16.1. The Bertz CT molecular complexity index is 122. The topological polar surface area (TPSA) is 29.1 Å². The van der Waals surface area contributed by atoms with Crippen LogP contribution in [0.15, 0.2) is 0 Å². The highest BCUT2D eigenvalue weighted by Gasteiger charge is 2.27. The Labute approximate surface area is 62.0 Å². The first-order chi connectivity index (χ1) is 4.75. The van der Waals surface area contributed by atoms with Gasteiger partial charge < -0.3 is 5.32 Å². The average Bonchev–Trinajstić information content (AvgIpc) is 1.82. The minimum Gasteiger partial charge on any atom is -0.315 e. The molecule has 1 fully saturated rings. The molecule has 0 spiro atoms. The fourth-order valence-corrected chi connectivity index (χ4v) is 1.09. The monoisotopic (exact) mass is 141 g/mol. The normalized spacial score (nSPS) is 21.8. The van der Waals surface area contributed by atoms with E-state index < -0.39 is 0 Å². The summed E-state index contributed by atoms with van der Waals surface area (Å²) in [4.78, 5) is 11.3. The van der Waals surface area contributed by atoms with Gasteiger partial charge in [-0.1, -0.05) is 13.8 Å². The Hall–Kier alpha value is -0.370. The first-order valence-corrected chi connectivity index (χ1v) is 4.00. The van der Waals surface area contributed by atoms with E-state index in [2.05, 4.69) is 12.2 Å². The van der Waals surface area contributed by atoms with Gasteiger partial charge in [0.15, 0.2) is 0 Å². The molecule has 1 aliphatic heterocycles. The predicted octanol–water partition coefficient (Wildman–Crippen LogP) is 0.821. The molecule has 0 aromatic rings. The summed E-state index contributed by atoms with van der Waals surface area (Å²) in [5.41, 5.74) is 0. The third-order valence-corrected chi connectivity index (χ3v) is 2.28. The maximum absolute atomic E-state index is 11.3. The van der Waals surface area contributed by atoms with Crippen molar-refractivity contribution in [3.05, 3.63) is 0 Å². The fourth-order valence-electron chi connectivity index (χ4n) is 1.09. The molecule has 0 bridgehead atoms. The molecule has 0 aromatic carbocycles. The SMILES string of the molecule is CCC(C)C(=O)C1CNC1. The molecule has 1 unspecified atom stereocenters. The Morgan fingerprint density at radius 2 is 2.30 bits per heavy atom. The van der Waals surface area contributed by atoms with Crippen LogP contribution >= 0.6 is 0 Å². The first kappa shape index (κ1) is 7.73. The van der Waals surface area contributed by atoms with Gasteiger partial charge in [0.05, 0.1) is 0 Å². The number of ketones is 1. The van der Waals surface area contributed by atoms with E-state index >= 15 is 0 Å². The lowest BCUT2D eigenvalue weighted by atomic mass is 9.88. The van der Waals surface area contributed by atoms with Gasteiger partial charge in [-0.2, -0.15) is 0 Å². The maximum atomic E-state index is 11.3. The second-order valence-corrected chi connectivity index (χ2v) is 3.07. The fraction of sp³-hybridized carbons (Fsp3) is 0.875. The van der Waals surface area contributed by atoms with Crippen molar-refractivity contribution in [2.45, 2.75) is 20.3 Å². The van der Waals surface area contributed by atoms with E-state index in [1.165, 1.54) is 0 Å². The zero-order valence-electron chi connectivity index (χ0n) is 6.68. The summed E-state index contributed by atoms with van der Waals surface area (Å²) in [7, 11) is 0. The van der Waals surface area contributed by atoms with Crippen molar-refractivity contribution < 1.29 is 4.79 Å². The van der Waals surface area contributed by atoms with Crippen molar-refractivity contribution in [2.75, 3.05) is 13.1 Å². The molecule has 0 saturated carbocycles. The Morgan fingerprint density at radius 3 is 2.60 bits per heavy atom. The molecule has 2 nitrogen and oxygen atoms in total. The van der Waals surface area contributed by atoms with Gasteiger partial charge in [-0.25, -0.2) is 0 Å². The standard InChI is InChI=1S/C8H15NO/c1-3-6(2)8(10)7-4-9-5-7/h6-7,9H,3-5H2,1-2H3. The molecule has 0 radical (unpaired) electrons. The number of Topliss-reactive ketones (excluding diaryl/α,β-unsaturated/α-hetero) is 1. The van der Waals surface area contributed by atoms with Gasteiger partial charge in [0.1, 0.15) is 5.78 Å². The zero-order valence-corrected chi connectivity index (χ0v) is 6.68. The molecular formula is C8H15NO. The van der Waals surface area contributed by atoms with Crippen LogP contribution in [0.2, 0.25) is 0 Å².